The number of benzene rings is 2. The van der Waals surface area contributed by atoms with Crippen molar-refractivity contribution in [2.45, 2.75) is 46.0 Å². The maximum absolute atomic E-state index is 5.84. The molecule has 166 valence electrons. The third-order valence-electron chi connectivity index (χ3n) is 6.01. The molecule has 0 N–H and O–H groups in total. The van der Waals surface area contributed by atoms with Gasteiger partial charge in [0.1, 0.15) is 0 Å². The minimum atomic E-state index is 0. The zero-order chi connectivity index (χ0) is 21.8. The Morgan fingerprint density at radius 2 is 1.97 bits per heavy atom. The molecule has 2 aromatic carbocycles. The van der Waals surface area contributed by atoms with Crippen LogP contribution in [0, 0.1) is 19.3 Å². The fourth-order valence-corrected chi connectivity index (χ4v) is 4.83. The van der Waals surface area contributed by atoms with E-state index in [0.717, 1.165) is 46.0 Å². The average Bonchev–Trinajstić information content (AvgIpc) is 3.26. The van der Waals surface area contributed by atoms with Crippen LogP contribution in [-0.2, 0) is 19.3 Å². The summed E-state index contributed by atoms with van der Waals surface area (Å²) >= 11 is 1.71. The minimum Gasteiger partial charge on any atom is -0.366 e. The van der Waals surface area contributed by atoms with Gasteiger partial charge in [0.05, 0.1) is 22.7 Å². The first kappa shape index (κ1) is 24.0. The van der Waals surface area contributed by atoms with Crippen molar-refractivity contribution in [3.63, 3.8) is 0 Å². The Hall–Kier alpha value is -2.61. The van der Waals surface area contributed by atoms with Crippen molar-refractivity contribution < 1.29 is 0 Å². The maximum Gasteiger partial charge on any atom is 0.0977 e. The van der Waals surface area contributed by atoms with E-state index >= 15 is 0 Å². The molecule has 0 saturated carbocycles. The summed E-state index contributed by atoms with van der Waals surface area (Å²) in [6.45, 7) is 5.10. The van der Waals surface area contributed by atoms with Crippen LogP contribution in [0.15, 0.2) is 40.7 Å². The molecule has 1 aliphatic carbocycles. The molecule has 0 amide bonds. The predicted octanol–water partition coefficient (Wildman–Crippen LogP) is 6.60. The molecule has 0 atom stereocenters. The summed E-state index contributed by atoms with van der Waals surface area (Å²) in [5.74, 6) is 2.85. The number of thiazole rings is 1. The molecule has 3 aromatic rings. The van der Waals surface area contributed by atoms with Gasteiger partial charge in [0.25, 0.3) is 0 Å². The van der Waals surface area contributed by atoms with E-state index in [1.807, 2.05) is 24.4 Å². The molecule has 0 aliphatic heterocycles. The van der Waals surface area contributed by atoms with Crippen molar-refractivity contribution >= 4 is 35.8 Å². The second kappa shape index (κ2) is 10.8. The summed E-state index contributed by atoms with van der Waals surface area (Å²) in [6, 6.07) is 11.0. The molecule has 1 aromatic heterocycles. The summed E-state index contributed by atoms with van der Waals surface area (Å²) in [5, 5.41) is 3.26. The monoisotopic (exact) mass is 463 g/mol. The normalized spacial score (nSPS) is 12.8. The van der Waals surface area contributed by atoms with E-state index in [1.165, 1.54) is 42.4 Å². The Bertz CT molecular complexity index is 1160. The van der Waals surface area contributed by atoms with Gasteiger partial charge in [0.2, 0.25) is 0 Å². The summed E-state index contributed by atoms with van der Waals surface area (Å²) in [7, 11) is 2.01. The SMILES string of the molecule is C#Cc1cc(N=CN(C)CC)c(C)cc1Cc1nc(-c2ccc3c(c2)CCCC3)cs1.Cl. The van der Waals surface area contributed by atoms with Crippen LogP contribution in [0.25, 0.3) is 11.3 Å². The molecule has 0 bridgehead atoms. The van der Waals surface area contributed by atoms with Gasteiger partial charge in [-0.15, -0.1) is 30.2 Å². The van der Waals surface area contributed by atoms with Gasteiger partial charge in [-0.1, -0.05) is 24.1 Å². The standard InChI is InChI=1S/C27H29N3S.ClH/c1-5-20-15-25(28-18-30(4)6-2)19(3)13-24(20)16-27-29-26(17-31-27)23-12-11-21-9-7-8-10-22(21)14-23;/h1,11-15,17-18H,6-10,16H2,2-4H3;1H. The van der Waals surface area contributed by atoms with E-state index in [4.69, 9.17) is 11.4 Å². The Kier molecular flexibility index (Phi) is 8.12. The Balaban J connectivity index is 0.00000289. The molecular formula is C27H30ClN3S. The molecule has 1 heterocycles. The number of aromatic nitrogens is 1. The minimum absolute atomic E-state index is 0. The van der Waals surface area contributed by atoms with Crippen LogP contribution in [0.2, 0.25) is 0 Å². The zero-order valence-electron chi connectivity index (χ0n) is 19.0. The number of terminal acetylenes is 1. The van der Waals surface area contributed by atoms with Gasteiger partial charge >= 0.3 is 0 Å². The molecule has 4 rings (SSSR count). The highest BCUT2D eigenvalue weighted by atomic mass is 35.5. The highest BCUT2D eigenvalue weighted by Crippen LogP contribution is 2.30. The third-order valence-corrected chi connectivity index (χ3v) is 6.86. The molecule has 0 radical (unpaired) electrons. The van der Waals surface area contributed by atoms with E-state index in [-0.39, 0.29) is 12.4 Å². The van der Waals surface area contributed by atoms with Gasteiger partial charge in [-0.3, -0.25) is 0 Å². The van der Waals surface area contributed by atoms with Gasteiger partial charge in [0, 0.05) is 36.5 Å². The van der Waals surface area contributed by atoms with E-state index in [9.17, 15) is 0 Å². The van der Waals surface area contributed by atoms with Crippen LogP contribution in [0.1, 0.15) is 52.6 Å². The number of halogens is 1. The average molecular weight is 464 g/mol. The Morgan fingerprint density at radius 3 is 2.72 bits per heavy atom. The lowest BCUT2D eigenvalue weighted by Crippen LogP contribution is -2.14. The number of nitrogens with zero attached hydrogens (tertiary/aromatic N) is 3. The fraction of sp³-hybridized carbons (Fsp3) is 0.333. The summed E-state index contributed by atoms with van der Waals surface area (Å²) in [5.41, 5.74) is 9.36. The van der Waals surface area contributed by atoms with Gasteiger partial charge in [-0.2, -0.15) is 0 Å². The van der Waals surface area contributed by atoms with Crippen LogP contribution in [0.4, 0.5) is 5.69 Å². The maximum atomic E-state index is 5.84. The molecule has 0 fully saturated rings. The van der Waals surface area contributed by atoms with Crippen LogP contribution in [-0.4, -0.2) is 29.8 Å². The smallest absolute Gasteiger partial charge is 0.0977 e. The molecule has 0 unspecified atom stereocenters. The van der Waals surface area contributed by atoms with E-state index < -0.39 is 0 Å². The molecular weight excluding hydrogens is 434 g/mol. The van der Waals surface area contributed by atoms with E-state index in [2.05, 4.69) is 54.4 Å². The van der Waals surface area contributed by atoms with Crippen LogP contribution in [0.3, 0.4) is 0 Å². The quantitative estimate of drug-likeness (QED) is 0.234. The van der Waals surface area contributed by atoms with Crippen molar-refractivity contribution in [3.8, 4) is 23.6 Å². The van der Waals surface area contributed by atoms with Gasteiger partial charge in [-0.25, -0.2) is 9.98 Å². The first-order valence-electron chi connectivity index (χ1n) is 11.0. The van der Waals surface area contributed by atoms with Crippen LogP contribution >= 0.6 is 23.7 Å². The number of aryl methyl sites for hydroxylation is 3. The lowest BCUT2D eigenvalue weighted by atomic mass is 9.90. The van der Waals surface area contributed by atoms with E-state index in [1.54, 1.807) is 11.3 Å². The molecule has 5 heteroatoms. The zero-order valence-corrected chi connectivity index (χ0v) is 20.7. The first-order valence-corrected chi connectivity index (χ1v) is 11.9. The number of hydrogen-bond donors (Lipinski definition) is 0. The lowest BCUT2D eigenvalue weighted by Gasteiger charge is -2.16. The second-order valence-corrected chi connectivity index (χ2v) is 9.19. The first-order chi connectivity index (χ1) is 15.1. The lowest BCUT2D eigenvalue weighted by molar-refractivity contribution is 0.552. The Morgan fingerprint density at radius 1 is 1.19 bits per heavy atom. The van der Waals surface area contributed by atoms with Gasteiger partial charge in [-0.05, 0) is 73.9 Å². The van der Waals surface area contributed by atoms with Gasteiger partial charge in [0.15, 0.2) is 0 Å². The number of fused-ring (bicyclic) bond motifs is 1. The van der Waals surface area contributed by atoms with Crippen molar-refractivity contribution in [2.24, 2.45) is 4.99 Å². The highest BCUT2D eigenvalue weighted by Gasteiger charge is 2.13. The summed E-state index contributed by atoms with van der Waals surface area (Å²) in [6.07, 6.45) is 13.4. The molecule has 3 nitrogen and oxygen atoms in total. The molecule has 0 saturated heterocycles. The number of rotatable bonds is 6. The van der Waals surface area contributed by atoms with Crippen molar-refractivity contribution in [1.29, 1.82) is 0 Å². The number of aliphatic imine (C=N–C) groups is 1. The van der Waals surface area contributed by atoms with Crippen molar-refractivity contribution in [2.75, 3.05) is 13.6 Å². The topological polar surface area (TPSA) is 28.5 Å². The summed E-state index contributed by atoms with van der Waals surface area (Å²) < 4.78 is 0. The van der Waals surface area contributed by atoms with Crippen LogP contribution < -0.4 is 0 Å². The molecule has 0 spiro atoms. The fourth-order valence-electron chi connectivity index (χ4n) is 4.00. The number of hydrogen-bond acceptors (Lipinski definition) is 3. The highest BCUT2D eigenvalue weighted by molar-refractivity contribution is 7.10. The van der Waals surface area contributed by atoms with Crippen molar-refractivity contribution in [1.82, 2.24) is 9.88 Å². The van der Waals surface area contributed by atoms with Crippen LogP contribution in [0.5, 0.6) is 0 Å². The second-order valence-electron chi connectivity index (χ2n) is 8.25. The molecule has 1 aliphatic rings. The largest absolute Gasteiger partial charge is 0.366 e. The molecule has 32 heavy (non-hydrogen) atoms. The van der Waals surface area contributed by atoms with Gasteiger partial charge < -0.3 is 4.90 Å². The van der Waals surface area contributed by atoms with Crippen molar-refractivity contribution in [3.05, 3.63) is 68.5 Å². The third kappa shape index (κ3) is 5.41. The summed E-state index contributed by atoms with van der Waals surface area (Å²) in [4.78, 5) is 11.6. The Labute approximate surface area is 202 Å². The van der Waals surface area contributed by atoms with E-state index in [0.29, 0.717) is 0 Å². The predicted molar refractivity (Wildman–Crippen MR) is 140 cm³/mol.